The molecule has 0 saturated carbocycles. The van der Waals surface area contributed by atoms with E-state index in [1.807, 2.05) is 13.0 Å². The fourth-order valence-corrected chi connectivity index (χ4v) is 3.12. The third-order valence-electron chi connectivity index (χ3n) is 4.64. The molecule has 0 radical (unpaired) electrons. The topological polar surface area (TPSA) is 79.0 Å². The first-order valence-electron chi connectivity index (χ1n) is 9.61. The molecule has 0 aromatic carbocycles. The number of guanidine groups is 1. The van der Waals surface area contributed by atoms with Crippen LogP contribution >= 0.6 is 24.0 Å². The summed E-state index contributed by atoms with van der Waals surface area (Å²) >= 11 is 0. The van der Waals surface area contributed by atoms with E-state index in [2.05, 4.69) is 30.2 Å². The first-order chi connectivity index (χ1) is 14.3. The van der Waals surface area contributed by atoms with Crippen molar-refractivity contribution in [2.24, 2.45) is 4.99 Å². The van der Waals surface area contributed by atoms with Gasteiger partial charge in [-0.3, -0.25) is 9.89 Å². The van der Waals surface area contributed by atoms with Crippen LogP contribution in [0.2, 0.25) is 0 Å². The minimum atomic E-state index is -4.41. The minimum absolute atomic E-state index is 0. The number of nitrogens with one attached hydrogen (secondary N) is 1. The summed E-state index contributed by atoms with van der Waals surface area (Å²) in [5.74, 6) is 1.72. The van der Waals surface area contributed by atoms with Crippen LogP contribution in [0, 0.1) is 6.92 Å². The second kappa shape index (κ2) is 11.5. The molecular weight excluding hydrogens is 528 g/mol. The Balaban J connectivity index is 0.00000341. The SMILES string of the molecule is CN=C(NCCOc1ccc(C(F)(F)F)cn1)N1CCN(Cc2cc(C)on2)CC1.I. The Morgan fingerprint density at radius 2 is 2.00 bits per heavy atom. The summed E-state index contributed by atoms with van der Waals surface area (Å²) in [5.41, 5.74) is 0.128. The van der Waals surface area contributed by atoms with Gasteiger partial charge in [-0.1, -0.05) is 5.16 Å². The van der Waals surface area contributed by atoms with Crippen molar-refractivity contribution in [1.82, 2.24) is 25.3 Å². The van der Waals surface area contributed by atoms with Crippen LogP contribution in [-0.2, 0) is 12.7 Å². The van der Waals surface area contributed by atoms with E-state index in [0.717, 1.165) is 62.4 Å². The van der Waals surface area contributed by atoms with E-state index in [1.54, 1.807) is 7.05 Å². The largest absolute Gasteiger partial charge is 0.476 e. The van der Waals surface area contributed by atoms with Crippen molar-refractivity contribution < 1.29 is 22.4 Å². The molecular formula is C19H26F3IN6O2. The zero-order valence-corrected chi connectivity index (χ0v) is 19.7. The molecule has 3 rings (SSSR count). The zero-order valence-electron chi connectivity index (χ0n) is 17.4. The molecule has 1 N–H and O–H groups in total. The molecule has 172 valence electrons. The highest BCUT2D eigenvalue weighted by Gasteiger charge is 2.30. The number of aryl methyl sites for hydroxylation is 1. The molecule has 0 atom stereocenters. The number of aliphatic imine (C=N–C) groups is 1. The van der Waals surface area contributed by atoms with Gasteiger partial charge in [-0.15, -0.1) is 24.0 Å². The van der Waals surface area contributed by atoms with Gasteiger partial charge in [-0.2, -0.15) is 13.2 Å². The van der Waals surface area contributed by atoms with Gasteiger partial charge in [0.1, 0.15) is 12.4 Å². The molecule has 12 heteroatoms. The molecule has 3 heterocycles. The number of nitrogens with zero attached hydrogens (tertiary/aromatic N) is 5. The van der Waals surface area contributed by atoms with Gasteiger partial charge in [0.2, 0.25) is 5.88 Å². The van der Waals surface area contributed by atoms with E-state index < -0.39 is 11.7 Å². The van der Waals surface area contributed by atoms with Gasteiger partial charge in [0.25, 0.3) is 0 Å². The highest BCUT2D eigenvalue weighted by molar-refractivity contribution is 14.0. The summed E-state index contributed by atoms with van der Waals surface area (Å²) in [7, 11) is 1.71. The van der Waals surface area contributed by atoms with Gasteiger partial charge in [0.15, 0.2) is 5.96 Å². The van der Waals surface area contributed by atoms with E-state index in [-0.39, 0.29) is 36.5 Å². The number of hydrogen-bond donors (Lipinski definition) is 1. The van der Waals surface area contributed by atoms with Crippen LogP contribution in [0.15, 0.2) is 33.9 Å². The van der Waals surface area contributed by atoms with Crippen molar-refractivity contribution in [3.05, 3.63) is 41.4 Å². The van der Waals surface area contributed by atoms with Crippen LogP contribution in [0.5, 0.6) is 5.88 Å². The Hall–Kier alpha value is -2.09. The molecule has 0 unspecified atom stereocenters. The maximum atomic E-state index is 12.5. The first-order valence-corrected chi connectivity index (χ1v) is 9.61. The first kappa shape index (κ1) is 25.2. The van der Waals surface area contributed by atoms with Crippen LogP contribution in [-0.4, -0.2) is 72.3 Å². The molecule has 0 spiro atoms. The Morgan fingerprint density at radius 1 is 1.26 bits per heavy atom. The average molecular weight is 554 g/mol. The van der Waals surface area contributed by atoms with E-state index >= 15 is 0 Å². The zero-order chi connectivity index (χ0) is 21.6. The van der Waals surface area contributed by atoms with Crippen LogP contribution < -0.4 is 10.1 Å². The standard InChI is InChI=1S/C19H25F3N6O2.HI/c1-14-11-16(26-30-14)13-27-6-8-28(9-7-27)18(23-2)24-5-10-29-17-4-3-15(12-25-17)19(20,21)22;/h3-4,11-12H,5-10,13H2,1-2H3,(H,23,24);1H. The van der Waals surface area contributed by atoms with Gasteiger partial charge < -0.3 is 19.5 Å². The van der Waals surface area contributed by atoms with E-state index in [0.29, 0.717) is 6.54 Å². The fourth-order valence-electron chi connectivity index (χ4n) is 3.12. The Kier molecular flexibility index (Phi) is 9.34. The van der Waals surface area contributed by atoms with Crippen LogP contribution in [0.3, 0.4) is 0 Å². The Morgan fingerprint density at radius 3 is 2.55 bits per heavy atom. The minimum Gasteiger partial charge on any atom is -0.476 e. The predicted octanol–water partition coefficient (Wildman–Crippen LogP) is 2.79. The predicted molar refractivity (Wildman–Crippen MR) is 120 cm³/mol. The summed E-state index contributed by atoms with van der Waals surface area (Å²) in [6, 6.07) is 4.11. The van der Waals surface area contributed by atoms with Gasteiger partial charge in [-0.05, 0) is 13.0 Å². The molecule has 0 amide bonds. The summed E-state index contributed by atoms with van der Waals surface area (Å²) in [6.07, 6.45) is -3.64. The molecule has 31 heavy (non-hydrogen) atoms. The molecule has 1 saturated heterocycles. The lowest BCUT2D eigenvalue weighted by Gasteiger charge is -2.36. The fraction of sp³-hybridized carbons (Fsp3) is 0.526. The molecule has 1 fully saturated rings. The second-order valence-corrected chi connectivity index (χ2v) is 6.90. The molecule has 2 aromatic rings. The maximum Gasteiger partial charge on any atom is 0.417 e. The third kappa shape index (κ3) is 7.52. The highest BCUT2D eigenvalue weighted by atomic mass is 127. The summed E-state index contributed by atoms with van der Waals surface area (Å²) in [4.78, 5) is 12.4. The molecule has 1 aliphatic heterocycles. The Labute approximate surface area is 195 Å². The van der Waals surface area contributed by atoms with Crippen molar-refractivity contribution in [1.29, 1.82) is 0 Å². The smallest absolute Gasteiger partial charge is 0.417 e. The number of piperazine rings is 1. The van der Waals surface area contributed by atoms with E-state index in [4.69, 9.17) is 9.26 Å². The van der Waals surface area contributed by atoms with Crippen molar-refractivity contribution in [2.45, 2.75) is 19.6 Å². The number of rotatable bonds is 6. The quantitative estimate of drug-likeness (QED) is 0.255. The number of hydrogen-bond acceptors (Lipinski definition) is 6. The number of ether oxygens (including phenoxy) is 1. The van der Waals surface area contributed by atoms with Crippen LogP contribution in [0.1, 0.15) is 17.0 Å². The highest BCUT2D eigenvalue weighted by Crippen LogP contribution is 2.29. The molecule has 1 aliphatic rings. The number of aromatic nitrogens is 2. The van der Waals surface area contributed by atoms with E-state index in [1.165, 1.54) is 6.07 Å². The Bertz CT molecular complexity index is 836. The summed E-state index contributed by atoms with van der Waals surface area (Å²) in [6.45, 7) is 6.72. The van der Waals surface area contributed by atoms with Gasteiger partial charge in [0.05, 0.1) is 17.8 Å². The normalized spacial score (nSPS) is 15.5. The lowest BCUT2D eigenvalue weighted by Crippen LogP contribution is -2.52. The lowest BCUT2D eigenvalue weighted by molar-refractivity contribution is -0.137. The van der Waals surface area contributed by atoms with Gasteiger partial charge in [0, 0.05) is 58.1 Å². The van der Waals surface area contributed by atoms with Crippen molar-refractivity contribution in [3.8, 4) is 5.88 Å². The van der Waals surface area contributed by atoms with Crippen LogP contribution in [0.4, 0.5) is 13.2 Å². The van der Waals surface area contributed by atoms with Gasteiger partial charge >= 0.3 is 6.18 Å². The molecule has 2 aromatic heterocycles. The number of alkyl halides is 3. The summed E-state index contributed by atoms with van der Waals surface area (Å²) < 4.78 is 48.1. The van der Waals surface area contributed by atoms with Crippen LogP contribution in [0.25, 0.3) is 0 Å². The average Bonchev–Trinajstić information content (AvgIpc) is 3.13. The third-order valence-corrected chi connectivity index (χ3v) is 4.64. The van der Waals surface area contributed by atoms with Crippen molar-refractivity contribution >= 4 is 29.9 Å². The summed E-state index contributed by atoms with van der Waals surface area (Å²) in [5, 5.41) is 7.24. The maximum absolute atomic E-state index is 12.5. The number of halogens is 4. The van der Waals surface area contributed by atoms with Crippen molar-refractivity contribution in [3.63, 3.8) is 0 Å². The molecule has 8 nitrogen and oxygen atoms in total. The molecule has 0 aliphatic carbocycles. The molecule has 0 bridgehead atoms. The van der Waals surface area contributed by atoms with Gasteiger partial charge in [-0.25, -0.2) is 4.98 Å². The lowest BCUT2D eigenvalue weighted by atomic mass is 10.3. The number of pyridine rings is 1. The van der Waals surface area contributed by atoms with E-state index in [9.17, 15) is 13.2 Å². The monoisotopic (exact) mass is 554 g/mol. The van der Waals surface area contributed by atoms with Crippen molar-refractivity contribution in [2.75, 3.05) is 46.4 Å². The second-order valence-electron chi connectivity index (χ2n) is 6.90.